The summed E-state index contributed by atoms with van der Waals surface area (Å²) in [5.41, 5.74) is -0.297. The first kappa shape index (κ1) is 27.0. The van der Waals surface area contributed by atoms with Crippen molar-refractivity contribution in [3.8, 4) is 5.75 Å². The molecular formula is C21H32N4O6S. The number of phenols is 1. The number of carboxylic acid groups (broad SMARTS) is 1. The standard InChI is InChI=1S/C21H32N4O6S/c1-21(2,3)31-20(30)25-16(18(29)24-14-7-6-8-15(26)13-14)9-4-5-11-22-19(32)23-12-10-17(27)28/h6-8,13,16,26H,4-5,9-12H2,1-3H3,(H,24,29)(H,25,30)(H,27,28)(H2,22,23,32)/t16-/m0/s1. The molecule has 0 heterocycles. The fourth-order valence-electron chi connectivity index (χ4n) is 2.55. The van der Waals surface area contributed by atoms with Crippen LogP contribution in [0, 0.1) is 0 Å². The van der Waals surface area contributed by atoms with Crippen LogP contribution in [0.15, 0.2) is 24.3 Å². The lowest BCUT2D eigenvalue weighted by Crippen LogP contribution is -2.45. The number of carbonyl (C=O) groups excluding carboxylic acids is 2. The van der Waals surface area contributed by atoms with Crippen LogP contribution in [-0.2, 0) is 14.3 Å². The number of anilines is 1. The highest BCUT2D eigenvalue weighted by Gasteiger charge is 2.24. The Hall–Kier alpha value is -3.08. The Morgan fingerprint density at radius 1 is 1.12 bits per heavy atom. The molecule has 0 aromatic heterocycles. The van der Waals surface area contributed by atoms with Gasteiger partial charge < -0.3 is 36.2 Å². The van der Waals surface area contributed by atoms with Gasteiger partial charge in [-0.15, -0.1) is 0 Å². The summed E-state index contributed by atoms with van der Waals surface area (Å²) in [5, 5.41) is 29.6. The normalized spacial score (nSPS) is 11.7. The van der Waals surface area contributed by atoms with E-state index in [0.29, 0.717) is 36.6 Å². The monoisotopic (exact) mass is 468 g/mol. The van der Waals surface area contributed by atoms with Crippen molar-refractivity contribution in [2.75, 3.05) is 18.4 Å². The highest BCUT2D eigenvalue weighted by atomic mass is 32.1. The van der Waals surface area contributed by atoms with E-state index in [-0.39, 0.29) is 18.7 Å². The molecule has 0 fully saturated rings. The van der Waals surface area contributed by atoms with Crippen molar-refractivity contribution >= 4 is 41.0 Å². The van der Waals surface area contributed by atoms with Crippen LogP contribution in [0.1, 0.15) is 46.5 Å². The van der Waals surface area contributed by atoms with E-state index in [9.17, 15) is 19.5 Å². The van der Waals surface area contributed by atoms with E-state index in [1.807, 2.05) is 0 Å². The molecule has 0 saturated heterocycles. The first-order chi connectivity index (χ1) is 15.0. The maximum atomic E-state index is 12.7. The first-order valence-electron chi connectivity index (χ1n) is 10.3. The van der Waals surface area contributed by atoms with Gasteiger partial charge in [0.05, 0.1) is 6.42 Å². The molecule has 0 unspecified atom stereocenters. The molecule has 0 bridgehead atoms. The molecule has 1 atom stereocenters. The zero-order valence-electron chi connectivity index (χ0n) is 18.6. The number of alkyl carbamates (subject to hydrolysis) is 1. The quantitative estimate of drug-likeness (QED) is 0.212. The zero-order chi connectivity index (χ0) is 24.1. The Bertz CT molecular complexity index is 797. The second kappa shape index (κ2) is 13.4. The number of thiocarbonyl (C=S) groups is 1. The topological polar surface area (TPSA) is 149 Å². The highest BCUT2D eigenvalue weighted by Crippen LogP contribution is 2.16. The van der Waals surface area contributed by atoms with Crippen LogP contribution in [0.3, 0.4) is 0 Å². The number of phenolic OH excluding ortho intramolecular Hbond substituents is 1. The number of ether oxygens (including phenoxy) is 1. The van der Waals surface area contributed by atoms with Crippen LogP contribution in [0.25, 0.3) is 0 Å². The predicted molar refractivity (Wildman–Crippen MR) is 125 cm³/mol. The molecule has 178 valence electrons. The lowest BCUT2D eigenvalue weighted by atomic mass is 10.1. The Morgan fingerprint density at radius 3 is 2.44 bits per heavy atom. The number of amides is 2. The second-order valence-electron chi connectivity index (χ2n) is 8.06. The van der Waals surface area contributed by atoms with Crippen LogP contribution >= 0.6 is 12.2 Å². The number of aliphatic carboxylic acids is 1. The van der Waals surface area contributed by atoms with E-state index in [2.05, 4.69) is 21.3 Å². The van der Waals surface area contributed by atoms with Crippen molar-refractivity contribution in [2.24, 2.45) is 0 Å². The van der Waals surface area contributed by atoms with Crippen molar-refractivity contribution in [3.63, 3.8) is 0 Å². The predicted octanol–water partition coefficient (Wildman–Crippen LogP) is 2.33. The average molecular weight is 469 g/mol. The van der Waals surface area contributed by atoms with Crippen molar-refractivity contribution < 1.29 is 29.3 Å². The van der Waals surface area contributed by atoms with Crippen molar-refractivity contribution in [3.05, 3.63) is 24.3 Å². The minimum atomic E-state index is -0.909. The lowest BCUT2D eigenvalue weighted by molar-refractivity contribution is -0.136. The van der Waals surface area contributed by atoms with Gasteiger partial charge in [0.1, 0.15) is 17.4 Å². The molecule has 1 rings (SSSR count). The molecular weight excluding hydrogens is 436 g/mol. The zero-order valence-corrected chi connectivity index (χ0v) is 19.4. The summed E-state index contributed by atoms with van der Waals surface area (Å²) >= 11 is 5.07. The maximum Gasteiger partial charge on any atom is 0.408 e. The SMILES string of the molecule is CC(C)(C)OC(=O)N[C@@H](CCCCNC(=S)NCCC(=O)O)C(=O)Nc1cccc(O)c1. The number of hydrogen-bond donors (Lipinski definition) is 6. The van der Waals surface area contributed by atoms with Gasteiger partial charge in [0.25, 0.3) is 0 Å². The van der Waals surface area contributed by atoms with Crippen molar-refractivity contribution in [2.45, 2.75) is 58.1 Å². The van der Waals surface area contributed by atoms with Gasteiger partial charge >= 0.3 is 12.1 Å². The van der Waals surface area contributed by atoms with Crippen LogP contribution in [-0.4, -0.2) is 58.0 Å². The smallest absolute Gasteiger partial charge is 0.408 e. The van der Waals surface area contributed by atoms with Gasteiger partial charge in [-0.3, -0.25) is 9.59 Å². The number of carbonyl (C=O) groups is 3. The molecule has 10 nitrogen and oxygen atoms in total. The fraction of sp³-hybridized carbons (Fsp3) is 0.524. The Balaban J connectivity index is 2.55. The number of nitrogens with one attached hydrogen (secondary N) is 4. The van der Waals surface area contributed by atoms with Gasteiger partial charge in [0.15, 0.2) is 5.11 Å². The van der Waals surface area contributed by atoms with Crippen LogP contribution < -0.4 is 21.3 Å². The summed E-state index contributed by atoms with van der Waals surface area (Å²) in [5.74, 6) is -1.33. The molecule has 1 aromatic rings. The van der Waals surface area contributed by atoms with E-state index in [4.69, 9.17) is 22.1 Å². The van der Waals surface area contributed by atoms with Gasteiger partial charge in [0, 0.05) is 24.8 Å². The Labute approximate surface area is 193 Å². The molecule has 11 heteroatoms. The molecule has 2 amide bonds. The van der Waals surface area contributed by atoms with Crippen LogP contribution in [0.4, 0.5) is 10.5 Å². The van der Waals surface area contributed by atoms with Crippen molar-refractivity contribution in [1.82, 2.24) is 16.0 Å². The number of hydrogen-bond acceptors (Lipinski definition) is 6. The molecule has 32 heavy (non-hydrogen) atoms. The van der Waals surface area contributed by atoms with E-state index < -0.39 is 29.6 Å². The second-order valence-corrected chi connectivity index (χ2v) is 8.47. The highest BCUT2D eigenvalue weighted by molar-refractivity contribution is 7.80. The van der Waals surface area contributed by atoms with Crippen LogP contribution in [0.5, 0.6) is 5.75 Å². The summed E-state index contributed by atoms with van der Waals surface area (Å²) in [6, 6.07) is 5.28. The molecule has 6 N–H and O–H groups in total. The Kier molecular flexibility index (Phi) is 11.3. The maximum absolute atomic E-state index is 12.7. The summed E-state index contributed by atoms with van der Waals surface area (Å²) < 4.78 is 5.25. The number of benzene rings is 1. The van der Waals surface area contributed by atoms with E-state index in [1.165, 1.54) is 12.1 Å². The molecule has 0 aliphatic heterocycles. The Morgan fingerprint density at radius 2 is 1.81 bits per heavy atom. The summed E-state index contributed by atoms with van der Waals surface area (Å²) in [7, 11) is 0. The largest absolute Gasteiger partial charge is 0.508 e. The van der Waals surface area contributed by atoms with Gasteiger partial charge in [-0.1, -0.05) is 6.07 Å². The first-order valence-corrected chi connectivity index (χ1v) is 10.7. The molecule has 0 spiro atoms. The summed E-state index contributed by atoms with van der Waals surface area (Å²) in [6.45, 7) is 5.94. The van der Waals surface area contributed by atoms with Gasteiger partial charge in [-0.2, -0.15) is 0 Å². The van der Waals surface area contributed by atoms with E-state index >= 15 is 0 Å². The average Bonchev–Trinajstić information content (AvgIpc) is 2.65. The number of carboxylic acids is 1. The van der Waals surface area contributed by atoms with Gasteiger partial charge in [-0.25, -0.2) is 4.79 Å². The molecule has 0 aliphatic rings. The summed E-state index contributed by atoms with van der Waals surface area (Å²) in [6.07, 6.45) is 0.875. The van der Waals surface area contributed by atoms with E-state index in [1.54, 1.807) is 32.9 Å². The number of rotatable bonds is 11. The third kappa shape index (κ3) is 12.6. The minimum Gasteiger partial charge on any atom is -0.508 e. The fourth-order valence-corrected chi connectivity index (χ4v) is 2.76. The third-order valence-electron chi connectivity index (χ3n) is 3.95. The molecule has 0 radical (unpaired) electrons. The third-order valence-corrected chi connectivity index (χ3v) is 4.24. The molecule has 0 aliphatic carbocycles. The summed E-state index contributed by atoms with van der Waals surface area (Å²) in [4.78, 5) is 35.4. The van der Waals surface area contributed by atoms with Gasteiger partial charge in [-0.05, 0) is 64.4 Å². The number of aromatic hydroxyl groups is 1. The van der Waals surface area contributed by atoms with Crippen molar-refractivity contribution in [1.29, 1.82) is 0 Å². The molecule has 1 aromatic carbocycles. The minimum absolute atomic E-state index is 0.0125. The number of unbranched alkanes of at least 4 members (excludes halogenated alkanes) is 1. The van der Waals surface area contributed by atoms with E-state index in [0.717, 1.165) is 0 Å². The lowest BCUT2D eigenvalue weighted by Gasteiger charge is -2.23. The molecule has 0 saturated carbocycles. The van der Waals surface area contributed by atoms with Crippen LogP contribution in [0.2, 0.25) is 0 Å². The van der Waals surface area contributed by atoms with Gasteiger partial charge in [0.2, 0.25) is 5.91 Å².